The van der Waals surface area contributed by atoms with Gasteiger partial charge in [0.15, 0.2) is 12.4 Å². The lowest BCUT2D eigenvalue weighted by Gasteiger charge is -2.12. The van der Waals surface area contributed by atoms with Crippen LogP contribution >= 0.6 is 11.6 Å². The number of hydrogen-bond donors (Lipinski definition) is 2. The van der Waals surface area contributed by atoms with Gasteiger partial charge in [-0.15, -0.1) is 18.3 Å². The predicted molar refractivity (Wildman–Crippen MR) is 140 cm³/mol. The van der Waals surface area contributed by atoms with Crippen LogP contribution in [0.3, 0.4) is 0 Å². The number of carbonyl (C=O) groups is 2. The van der Waals surface area contributed by atoms with Crippen molar-refractivity contribution in [3.05, 3.63) is 95.1 Å². The highest BCUT2D eigenvalue weighted by molar-refractivity contribution is 6.36. The number of amides is 2. The maximum Gasteiger partial charge on any atom is 0.573 e. The van der Waals surface area contributed by atoms with E-state index in [4.69, 9.17) is 16.3 Å². The first-order valence-corrected chi connectivity index (χ1v) is 12.1. The van der Waals surface area contributed by atoms with E-state index < -0.39 is 12.4 Å². The average Bonchev–Trinajstić information content (AvgIpc) is 3.52. The Morgan fingerprint density at radius 3 is 2.45 bits per heavy atom. The second-order valence-corrected chi connectivity index (χ2v) is 8.97. The third kappa shape index (κ3) is 5.91. The van der Waals surface area contributed by atoms with E-state index in [2.05, 4.69) is 25.5 Å². The zero-order chi connectivity index (χ0) is 28.4. The summed E-state index contributed by atoms with van der Waals surface area (Å²) in [7, 11) is 0. The van der Waals surface area contributed by atoms with E-state index in [0.717, 1.165) is 5.56 Å². The van der Waals surface area contributed by atoms with Gasteiger partial charge in [0, 0.05) is 21.8 Å². The third-order valence-electron chi connectivity index (χ3n) is 5.78. The Morgan fingerprint density at radius 2 is 1.77 bits per heavy atom. The number of rotatable bonds is 6. The smallest absolute Gasteiger partial charge is 0.470 e. The molecule has 0 saturated heterocycles. The molecular formula is C27H19ClF3N5O4. The number of ketones is 1. The predicted octanol–water partition coefficient (Wildman–Crippen LogP) is 5.88. The number of aryl methyl sites for hydroxylation is 1. The molecule has 0 atom stereocenters. The first kappa shape index (κ1) is 26.8. The average molecular weight is 570 g/mol. The monoisotopic (exact) mass is 569 g/mol. The molecular weight excluding hydrogens is 551 g/mol. The first-order valence-electron chi connectivity index (χ1n) is 11.7. The number of aromatic nitrogens is 3. The van der Waals surface area contributed by atoms with Crippen LogP contribution in [0.25, 0.3) is 22.6 Å². The molecule has 204 valence electrons. The minimum absolute atomic E-state index is 0.0167. The molecule has 3 aromatic carbocycles. The number of urea groups is 1. The highest BCUT2D eigenvalue weighted by atomic mass is 35.5. The van der Waals surface area contributed by atoms with Gasteiger partial charge in [-0.3, -0.25) is 10.1 Å². The standard InChI is InChI=1S/C27H19ClF3N5O4/c1-15-3-2-4-20(28)22(15)23-21(37)13-39-25(23)34-26(38)33-17-7-5-16(6-8-17)24-32-14-36(35-24)18-9-11-19(12-10-18)40-27(29,30)31/h2-12,14H,13H2,1H3,(H2,33,34,38). The van der Waals surface area contributed by atoms with Gasteiger partial charge in [0.1, 0.15) is 12.1 Å². The summed E-state index contributed by atoms with van der Waals surface area (Å²) in [5.41, 5.74) is 3.03. The molecule has 1 aromatic heterocycles. The molecule has 0 unspecified atom stereocenters. The van der Waals surface area contributed by atoms with Crippen molar-refractivity contribution >= 4 is 34.7 Å². The summed E-state index contributed by atoms with van der Waals surface area (Å²) < 4.78 is 47.8. The van der Waals surface area contributed by atoms with Crippen LogP contribution in [0.2, 0.25) is 5.02 Å². The van der Waals surface area contributed by atoms with Gasteiger partial charge in [-0.2, -0.15) is 0 Å². The molecule has 0 aliphatic carbocycles. The van der Waals surface area contributed by atoms with E-state index in [1.165, 1.54) is 35.3 Å². The normalized spacial score (nSPS) is 13.3. The molecule has 13 heteroatoms. The molecule has 0 bridgehead atoms. The number of alkyl halides is 3. The van der Waals surface area contributed by atoms with Crippen molar-refractivity contribution in [2.24, 2.45) is 0 Å². The molecule has 1 aliphatic heterocycles. The van der Waals surface area contributed by atoms with Crippen LogP contribution in [0.4, 0.5) is 23.7 Å². The molecule has 1 aliphatic rings. The molecule has 2 N–H and O–H groups in total. The number of nitrogens with zero attached hydrogens (tertiary/aromatic N) is 3. The number of halogens is 4. The summed E-state index contributed by atoms with van der Waals surface area (Å²) in [5.74, 6) is -0.271. The van der Waals surface area contributed by atoms with E-state index in [1.807, 2.05) is 0 Å². The number of hydrogen-bond acceptors (Lipinski definition) is 6. The van der Waals surface area contributed by atoms with E-state index in [0.29, 0.717) is 33.3 Å². The maximum absolute atomic E-state index is 12.7. The summed E-state index contributed by atoms with van der Waals surface area (Å²) in [4.78, 5) is 29.4. The summed E-state index contributed by atoms with van der Waals surface area (Å²) in [5, 5.41) is 9.96. The Labute approximate surface area is 230 Å². The topological polar surface area (TPSA) is 107 Å². The van der Waals surface area contributed by atoms with Crippen molar-refractivity contribution in [1.82, 2.24) is 20.1 Å². The van der Waals surface area contributed by atoms with Crippen LogP contribution in [0.1, 0.15) is 11.1 Å². The highest BCUT2D eigenvalue weighted by Crippen LogP contribution is 2.33. The van der Waals surface area contributed by atoms with Crippen LogP contribution in [0, 0.1) is 6.92 Å². The zero-order valence-corrected chi connectivity index (χ0v) is 21.4. The van der Waals surface area contributed by atoms with Gasteiger partial charge in [-0.1, -0.05) is 23.7 Å². The van der Waals surface area contributed by atoms with Crippen molar-refractivity contribution in [3.63, 3.8) is 0 Å². The molecule has 0 fully saturated rings. The summed E-state index contributed by atoms with van der Waals surface area (Å²) in [6, 6.07) is 16.4. The number of ether oxygens (including phenoxy) is 2. The Bertz CT molecular complexity index is 1600. The lowest BCUT2D eigenvalue weighted by atomic mass is 9.98. The fourth-order valence-electron chi connectivity index (χ4n) is 4.00. The Balaban J connectivity index is 1.25. The summed E-state index contributed by atoms with van der Waals surface area (Å²) >= 11 is 6.31. The van der Waals surface area contributed by atoms with Crippen LogP contribution < -0.4 is 15.4 Å². The molecule has 5 rings (SSSR count). The largest absolute Gasteiger partial charge is 0.573 e. The number of carbonyl (C=O) groups excluding carboxylic acids is 2. The number of benzene rings is 3. The number of Topliss-reactive ketones (excluding diaryl/α,β-unsaturated/α-hetero) is 1. The van der Waals surface area contributed by atoms with E-state index in [1.54, 1.807) is 49.4 Å². The summed E-state index contributed by atoms with van der Waals surface area (Å²) in [6.07, 6.45) is -3.35. The van der Waals surface area contributed by atoms with E-state index in [9.17, 15) is 22.8 Å². The SMILES string of the molecule is Cc1cccc(Cl)c1C1=C(NC(=O)Nc2ccc(-c3ncn(-c4ccc(OC(F)(F)F)cc4)n3)cc2)OCC1=O. The minimum atomic E-state index is -4.78. The van der Waals surface area contributed by atoms with Gasteiger partial charge in [0.25, 0.3) is 0 Å². The third-order valence-corrected chi connectivity index (χ3v) is 6.10. The Kier molecular flexibility index (Phi) is 7.18. The van der Waals surface area contributed by atoms with Gasteiger partial charge in [0.2, 0.25) is 11.7 Å². The molecule has 4 aromatic rings. The number of nitrogens with one attached hydrogen (secondary N) is 2. The van der Waals surface area contributed by atoms with Gasteiger partial charge in [0.05, 0.1) is 11.3 Å². The van der Waals surface area contributed by atoms with Gasteiger partial charge in [-0.05, 0) is 67.1 Å². The molecule has 0 radical (unpaired) electrons. The first-order chi connectivity index (χ1) is 19.1. The number of anilines is 1. The van der Waals surface area contributed by atoms with Gasteiger partial charge < -0.3 is 14.8 Å². The van der Waals surface area contributed by atoms with Crippen LogP contribution in [-0.4, -0.2) is 39.5 Å². The highest BCUT2D eigenvalue weighted by Gasteiger charge is 2.31. The van der Waals surface area contributed by atoms with Crippen molar-refractivity contribution in [2.75, 3.05) is 11.9 Å². The van der Waals surface area contributed by atoms with Crippen LogP contribution in [0.15, 0.2) is 78.9 Å². The van der Waals surface area contributed by atoms with Crippen molar-refractivity contribution in [1.29, 1.82) is 0 Å². The maximum atomic E-state index is 12.7. The van der Waals surface area contributed by atoms with Crippen molar-refractivity contribution < 1.29 is 32.2 Å². The van der Waals surface area contributed by atoms with Crippen LogP contribution in [0.5, 0.6) is 5.75 Å². The Hall–Kier alpha value is -4.84. The van der Waals surface area contributed by atoms with Gasteiger partial charge in [-0.25, -0.2) is 14.5 Å². The molecule has 40 heavy (non-hydrogen) atoms. The second-order valence-electron chi connectivity index (χ2n) is 8.56. The van der Waals surface area contributed by atoms with Crippen molar-refractivity contribution in [2.45, 2.75) is 13.3 Å². The summed E-state index contributed by atoms with van der Waals surface area (Å²) in [6.45, 7) is 1.59. The molecule has 2 amide bonds. The Morgan fingerprint density at radius 1 is 1.05 bits per heavy atom. The minimum Gasteiger partial charge on any atom is -0.470 e. The fourth-order valence-corrected chi connectivity index (χ4v) is 4.31. The second kappa shape index (κ2) is 10.7. The molecule has 2 heterocycles. The molecule has 0 spiro atoms. The lowest BCUT2D eigenvalue weighted by molar-refractivity contribution is -0.274. The van der Waals surface area contributed by atoms with E-state index in [-0.39, 0.29) is 29.6 Å². The fraction of sp³-hybridized carbons (Fsp3) is 0.111. The molecule has 0 saturated carbocycles. The van der Waals surface area contributed by atoms with Crippen molar-refractivity contribution in [3.8, 4) is 22.8 Å². The molecule has 9 nitrogen and oxygen atoms in total. The van der Waals surface area contributed by atoms with Crippen LogP contribution in [-0.2, 0) is 9.53 Å². The zero-order valence-electron chi connectivity index (χ0n) is 20.6. The van der Waals surface area contributed by atoms with E-state index >= 15 is 0 Å². The lowest BCUT2D eigenvalue weighted by Crippen LogP contribution is -2.28. The quantitative estimate of drug-likeness (QED) is 0.300. The van der Waals surface area contributed by atoms with Gasteiger partial charge >= 0.3 is 12.4 Å².